The smallest absolute Gasteiger partial charge is 0.0125 e. The van der Waals surface area contributed by atoms with E-state index in [2.05, 4.69) is 56.2 Å². The van der Waals surface area contributed by atoms with Crippen molar-refractivity contribution in [1.29, 1.82) is 0 Å². The normalized spacial score (nSPS) is 42.2. The summed E-state index contributed by atoms with van der Waals surface area (Å²) in [5, 5.41) is 0. The van der Waals surface area contributed by atoms with Gasteiger partial charge in [0.05, 0.1) is 0 Å². The molecule has 3 heterocycles. The van der Waals surface area contributed by atoms with Gasteiger partial charge in [0.1, 0.15) is 0 Å². The molecule has 2 aliphatic carbocycles. The minimum absolute atomic E-state index is 0.362. The molecule has 0 spiro atoms. The lowest BCUT2D eigenvalue weighted by molar-refractivity contribution is 0.0783. The quantitative estimate of drug-likeness (QED) is 0.631. The Morgan fingerprint density at radius 1 is 0.567 bits per heavy atom. The van der Waals surface area contributed by atoms with Crippen molar-refractivity contribution in [2.24, 2.45) is 35.0 Å². The van der Waals surface area contributed by atoms with Crippen LogP contribution in [-0.4, -0.2) is 71.6 Å². The minimum Gasteiger partial charge on any atom is -0.300 e. The van der Waals surface area contributed by atoms with Crippen LogP contribution in [0, 0.1) is 35.0 Å². The van der Waals surface area contributed by atoms with Crippen molar-refractivity contribution in [1.82, 2.24) is 14.7 Å². The second kappa shape index (κ2) is 7.73. The summed E-state index contributed by atoms with van der Waals surface area (Å²) in [5.74, 6) is 4.89. The third-order valence-corrected chi connectivity index (χ3v) is 10.2. The molecule has 3 nitrogen and oxygen atoms in total. The zero-order valence-corrected chi connectivity index (χ0v) is 20.9. The molecule has 3 saturated heterocycles. The van der Waals surface area contributed by atoms with Gasteiger partial charge in [0, 0.05) is 43.8 Å². The summed E-state index contributed by atoms with van der Waals surface area (Å²) in [6.07, 6.45) is 8.83. The maximum absolute atomic E-state index is 2.96. The Kier molecular flexibility index (Phi) is 5.60. The third-order valence-electron chi connectivity index (χ3n) is 10.2. The van der Waals surface area contributed by atoms with Gasteiger partial charge in [-0.15, -0.1) is 0 Å². The zero-order chi connectivity index (χ0) is 21.3. The van der Waals surface area contributed by atoms with E-state index in [0.29, 0.717) is 11.0 Å². The van der Waals surface area contributed by atoms with Crippen molar-refractivity contribution in [3.05, 3.63) is 0 Å². The van der Waals surface area contributed by atoms with Crippen LogP contribution in [0.15, 0.2) is 0 Å². The van der Waals surface area contributed by atoms with Gasteiger partial charge in [0.2, 0.25) is 0 Å². The van der Waals surface area contributed by atoms with E-state index in [1.54, 1.807) is 0 Å². The molecular formula is C27H49N3. The third kappa shape index (κ3) is 4.13. The van der Waals surface area contributed by atoms with Crippen molar-refractivity contribution in [2.75, 3.05) is 39.3 Å². The molecule has 3 aliphatic heterocycles. The zero-order valence-electron chi connectivity index (χ0n) is 20.9. The van der Waals surface area contributed by atoms with Crippen molar-refractivity contribution in [3.8, 4) is 0 Å². The molecule has 0 aromatic carbocycles. The van der Waals surface area contributed by atoms with E-state index in [4.69, 9.17) is 0 Å². The van der Waals surface area contributed by atoms with Crippen molar-refractivity contribution < 1.29 is 0 Å². The van der Waals surface area contributed by atoms with E-state index in [0.717, 1.165) is 41.7 Å². The number of hydrogen-bond acceptors (Lipinski definition) is 3. The van der Waals surface area contributed by atoms with Crippen LogP contribution in [0.25, 0.3) is 0 Å². The van der Waals surface area contributed by atoms with E-state index >= 15 is 0 Å². The lowest BCUT2D eigenvalue weighted by Crippen LogP contribution is -2.44. The predicted octanol–water partition coefficient (Wildman–Crippen LogP) is 4.96. The predicted molar refractivity (Wildman–Crippen MR) is 127 cm³/mol. The number of piperidine rings is 1. The van der Waals surface area contributed by atoms with Crippen LogP contribution in [-0.2, 0) is 0 Å². The second-order valence-corrected chi connectivity index (χ2v) is 14.0. The summed E-state index contributed by atoms with van der Waals surface area (Å²) in [6, 6.07) is 1.82. The highest BCUT2D eigenvalue weighted by Gasteiger charge is 2.49. The second-order valence-electron chi connectivity index (χ2n) is 14.0. The first-order valence-electron chi connectivity index (χ1n) is 13.3. The van der Waals surface area contributed by atoms with Crippen LogP contribution in [0.3, 0.4) is 0 Å². The molecular weight excluding hydrogens is 366 g/mol. The van der Waals surface area contributed by atoms with Gasteiger partial charge in [-0.3, -0.25) is 9.80 Å². The highest BCUT2D eigenvalue weighted by Crippen LogP contribution is 2.47. The monoisotopic (exact) mass is 415 g/mol. The molecule has 0 radical (unpaired) electrons. The SMILES string of the molecule is CC(C)(C)C1CCN(C2CC3CN(C4CC5CN(C(C)(C)C)CC5C4)CC3C2)CC1. The highest BCUT2D eigenvalue weighted by atomic mass is 15.2. The molecule has 0 bridgehead atoms. The molecule has 4 unspecified atom stereocenters. The van der Waals surface area contributed by atoms with Crippen molar-refractivity contribution in [3.63, 3.8) is 0 Å². The molecule has 5 fully saturated rings. The van der Waals surface area contributed by atoms with Crippen LogP contribution >= 0.6 is 0 Å². The molecule has 0 aromatic heterocycles. The number of hydrogen-bond donors (Lipinski definition) is 0. The molecule has 172 valence electrons. The summed E-state index contributed by atoms with van der Waals surface area (Å²) in [4.78, 5) is 8.60. The fourth-order valence-electron chi connectivity index (χ4n) is 8.14. The van der Waals surface area contributed by atoms with Gasteiger partial charge in [-0.05, 0) is 107 Å². The lowest BCUT2D eigenvalue weighted by Gasteiger charge is -2.41. The van der Waals surface area contributed by atoms with Crippen LogP contribution < -0.4 is 0 Å². The maximum atomic E-state index is 2.96. The van der Waals surface area contributed by atoms with Crippen molar-refractivity contribution >= 4 is 0 Å². The Morgan fingerprint density at radius 2 is 1.00 bits per heavy atom. The van der Waals surface area contributed by atoms with Gasteiger partial charge in [-0.25, -0.2) is 0 Å². The molecule has 0 amide bonds. The van der Waals surface area contributed by atoms with Gasteiger partial charge >= 0.3 is 0 Å². The highest BCUT2D eigenvalue weighted by molar-refractivity contribution is 5.03. The minimum atomic E-state index is 0.362. The van der Waals surface area contributed by atoms with Crippen LogP contribution in [0.1, 0.15) is 80.1 Å². The molecule has 5 rings (SSSR count). The topological polar surface area (TPSA) is 9.72 Å². The van der Waals surface area contributed by atoms with E-state index < -0.39 is 0 Å². The molecule has 0 N–H and O–H groups in total. The summed E-state index contributed by atoms with van der Waals surface area (Å²) < 4.78 is 0. The molecule has 3 heteroatoms. The van der Waals surface area contributed by atoms with Crippen LogP contribution in [0.2, 0.25) is 0 Å². The first kappa shape index (κ1) is 21.7. The fourth-order valence-corrected chi connectivity index (χ4v) is 8.14. The molecule has 2 saturated carbocycles. The Morgan fingerprint density at radius 3 is 1.43 bits per heavy atom. The molecule has 5 aliphatic rings. The van der Waals surface area contributed by atoms with E-state index in [9.17, 15) is 0 Å². The van der Waals surface area contributed by atoms with Gasteiger partial charge in [0.15, 0.2) is 0 Å². The Labute approximate surface area is 186 Å². The average molecular weight is 416 g/mol. The fraction of sp³-hybridized carbons (Fsp3) is 1.00. The van der Waals surface area contributed by atoms with E-state index in [1.165, 1.54) is 77.8 Å². The summed E-state index contributed by atoms with van der Waals surface area (Å²) in [7, 11) is 0. The van der Waals surface area contributed by atoms with Crippen molar-refractivity contribution in [2.45, 2.75) is 97.7 Å². The average Bonchev–Trinajstić information content (AvgIpc) is 3.37. The van der Waals surface area contributed by atoms with Gasteiger partial charge < -0.3 is 4.90 Å². The standard InChI is InChI=1S/C27H49N3/c1-26(2,3)23-7-9-28(10-8-23)24-11-19-15-29(16-20(19)12-24)25-13-21-17-30(27(4,5)6)18-22(21)14-25/h19-25H,7-18H2,1-6H3. The summed E-state index contributed by atoms with van der Waals surface area (Å²) >= 11 is 0. The largest absolute Gasteiger partial charge is 0.300 e. The van der Waals surface area contributed by atoms with E-state index in [-0.39, 0.29) is 0 Å². The van der Waals surface area contributed by atoms with E-state index in [1.807, 2.05) is 0 Å². The number of fused-ring (bicyclic) bond motifs is 2. The van der Waals surface area contributed by atoms with Gasteiger partial charge in [0.25, 0.3) is 0 Å². The summed E-state index contributed by atoms with van der Waals surface area (Å²) in [5.41, 5.74) is 0.864. The molecule has 4 atom stereocenters. The molecule has 0 aromatic rings. The number of nitrogens with zero attached hydrogens (tertiary/aromatic N) is 3. The van der Waals surface area contributed by atoms with Gasteiger partial charge in [-0.1, -0.05) is 20.8 Å². The first-order chi connectivity index (χ1) is 14.1. The summed E-state index contributed by atoms with van der Waals surface area (Å²) in [6.45, 7) is 22.8. The first-order valence-corrected chi connectivity index (χ1v) is 13.3. The van der Waals surface area contributed by atoms with Crippen LogP contribution in [0.5, 0.6) is 0 Å². The van der Waals surface area contributed by atoms with Crippen LogP contribution in [0.4, 0.5) is 0 Å². The van der Waals surface area contributed by atoms with Gasteiger partial charge in [-0.2, -0.15) is 0 Å². The Hall–Kier alpha value is -0.120. The lowest BCUT2D eigenvalue weighted by atomic mass is 9.75. The number of rotatable bonds is 2. The Balaban J connectivity index is 1.09. The molecule has 30 heavy (non-hydrogen) atoms. The Bertz CT molecular complexity index is 581. The maximum Gasteiger partial charge on any atom is 0.0125 e. The number of likely N-dealkylation sites (tertiary alicyclic amines) is 3.